The molecule has 0 heterocycles. The minimum atomic E-state index is -0.166. The summed E-state index contributed by atoms with van der Waals surface area (Å²) in [5, 5.41) is 3.57. The highest BCUT2D eigenvalue weighted by Crippen LogP contribution is 2.26. The van der Waals surface area contributed by atoms with Gasteiger partial charge in [-0.25, -0.2) is 4.39 Å². The molecule has 20 heavy (non-hydrogen) atoms. The topological polar surface area (TPSA) is 12.0 Å². The second-order valence-corrected chi connectivity index (χ2v) is 8.72. The molecule has 0 aromatic heterocycles. The number of hydrogen-bond acceptors (Lipinski definition) is 2. The fourth-order valence-corrected chi connectivity index (χ4v) is 3.20. The third-order valence-electron chi connectivity index (χ3n) is 2.87. The van der Waals surface area contributed by atoms with Gasteiger partial charge in [0.2, 0.25) is 0 Å². The Morgan fingerprint density at radius 2 is 2.05 bits per heavy atom. The summed E-state index contributed by atoms with van der Waals surface area (Å²) in [5.74, 6) is 0.868. The van der Waals surface area contributed by atoms with Gasteiger partial charge in [0.1, 0.15) is 5.82 Å². The summed E-state index contributed by atoms with van der Waals surface area (Å²) < 4.78 is 14.6. The van der Waals surface area contributed by atoms with Crippen molar-refractivity contribution in [3.05, 3.63) is 34.1 Å². The lowest BCUT2D eigenvalue weighted by Crippen LogP contribution is -2.35. The molecule has 1 aromatic rings. The van der Waals surface area contributed by atoms with Gasteiger partial charge in [-0.2, -0.15) is 11.8 Å². The maximum Gasteiger partial charge on any atom is 0.123 e. The molecule has 1 N–H and O–H groups in total. The van der Waals surface area contributed by atoms with E-state index >= 15 is 0 Å². The van der Waals surface area contributed by atoms with E-state index in [4.69, 9.17) is 0 Å². The van der Waals surface area contributed by atoms with E-state index in [2.05, 4.69) is 48.9 Å². The van der Waals surface area contributed by atoms with Crippen LogP contribution in [0.5, 0.6) is 0 Å². The minimum absolute atomic E-state index is 0.166. The number of thioether (sulfide) groups is 1. The Balaban J connectivity index is 2.70. The predicted octanol–water partition coefficient (Wildman–Crippen LogP) is 5.03. The summed E-state index contributed by atoms with van der Waals surface area (Å²) in [7, 11) is 0. The molecule has 0 saturated heterocycles. The monoisotopic (exact) mass is 361 g/mol. The molecule has 0 radical (unpaired) electrons. The van der Waals surface area contributed by atoms with Gasteiger partial charge in [0.15, 0.2) is 0 Å². The molecule has 0 aliphatic carbocycles. The molecule has 0 aliphatic heterocycles. The van der Waals surface area contributed by atoms with Crippen LogP contribution in [0, 0.1) is 5.82 Å². The van der Waals surface area contributed by atoms with Crippen LogP contribution in [-0.2, 0) is 6.42 Å². The van der Waals surface area contributed by atoms with Crippen LogP contribution in [-0.4, -0.2) is 23.1 Å². The number of hydrogen-bond donors (Lipinski definition) is 1. The van der Waals surface area contributed by atoms with Crippen molar-refractivity contribution < 1.29 is 4.39 Å². The molecule has 0 amide bonds. The first-order valence-corrected chi connectivity index (χ1v) is 8.91. The summed E-state index contributed by atoms with van der Waals surface area (Å²) in [6.45, 7) is 9.85. The van der Waals surface area contributed by atoms with Gasteiger partial charge in [0, 0.05) is 21.0 Å². The molecular formula is C16H25BrFNS. The summed E-state index contributed by atoms with van der Waals surface area (Å²) in [4.78, 5) is 0. The first kappa shape index (κ1) is 18.0. The van der Waals surface area contributed by atoms with Crippen molar-refractivity contribution in [3.8, 4) is 0 Å². The average Bonchev–Trinajstić information content (AvgIpc) is 2.36. The van der Waals surface area contributed by atoms with Gasteiger partial charge in [-0.3, -0.25) is 0 Å². The lowest BCUT2D eigenvalue weighted by Gasteiger charge is -2.24. The number of rotatable bonds is 7. The SMILES string of the molecule is CCCNC(CSC(C)(C)C)Cc1cc(F)ccc1Br. The molecule has 0 spiro atoms. The summed E-state index contributed by atoms with van der Waals surface area (Å²) >= 11 is 5.47. The Hall–Kier alpha value is -0.0600. The summed E-state index contributed by atoms with van der Waals surface area (Å²) in [6.07, 6.45) is 1.96. The van der Waals surface area contributed by atoms with E-state index < -0.39 is 0 Å². The summed E-state index contributed by atoms with van der Waals surface area (Å²) in [6, 6.07) is 5.29. The Labute approximate surface area is 135 Å². The van der Waals surface area contributed by atoms with Crippen LogP contribution in [0.15, 0.2) is 22.7 Å². The van der Waals surface area contributed by atoms with Gasteiger partial charge in [-0.05, 0) is 43.1 Å². The Bertz CT molecular complexity index is 417. The van der Waals surface area contributed by atoms with E-state index in [1.807, 2.05) is 11.8 Å². The van der Waals surface area contributed by atoms with Crippen LogP contribution in [0.2, 0.25) is 0 Å². The van der Waals surface area contributed by atoms with Crippen LogP contribution in [0.25, 0.3) is 0 Å². The molecule has 1 nitrogen and oxygen atoms in total. The van der Waals surface area contributed by atoms with Crippen LogP contribution >= 0.6 is 27.7 Å². The molecule has 0 fully saturated rings. The van der Waals surface area contributed by atoms with E-state index in [-0.39, 0.29) is 10.6 Å². The first-order valence-electron chi connectivity index (χ1n) is 7.13. The molecule has 0 aliphatic rings. The number of nitrogens with one attached hydrogen (secondary N) is 1. The first-order chi connectivity index (χ1) is 9.31. The second kappa shape index (κ2) is 8.40. The van der Waals surface area contributed by atoms with Gasteiger partial charge in [-0.15, -0.1) is 0 Å². The highest BCUT2D eigenvalue weighted by molar-refractivity contribution is 9.10. The molecule has 1 atom stereocenters. The third kappa shape index (κ3) is 7.09. The second-order valence-electron chi connectivity index (χ2n) is 6.01. The molecular weight excluding hydrogens is 337 g/mol. The average molecular weight is 362 g/mol. The fraction of sp³-hybridized carbons (Fsp3) is 0.625. The van der Waals surface area contributed by atoms with Gasteiger partial charge in [0.05, 0.1) is 0 Å². The Kier molecular flexibility index (Phi) is 7.56. The minimum Gasteiger partial charge on any atom is -0.313 e. The lowest BCUT2D eigenvalue weighted by atomic mass is 10.1. The van der Waals surface area contributed by atoms with Crippen molar-refractivity contribution in [1.82, 2.24) is 5.32 Å². The number of benzene rings is 1. The Morgan fingerprint density at radius 1 is 1.35 bits per heavy atom. The third-order valence-corrected chi connectivity index (χ3v) is 5.08. The van der Waals surface area contributed by atoms with Crippen molar-refractivity contribution in [2.45, 2.75) is 51.3 Å². The van der Waals surface area contributed by atoms with Crippen molar-refractivity contribution in [2.24, 2.45) is 0 Å². The largest absolute Gasteiger partial charge is 0.313 e. The van der Waals surface area contributed by atoms with Gasteiger partial charge in [-0.1, -0.05) is 43.6 Å². The highest BCUT2D eigenvalue weighted by atomic mass is 79.9. The van der Waals surface area contributed by atoms with E-state index in [1.54, 1.807) is 12.1 Å². The smallest absolute Gasteiger partial charge is 0.123 e. The van der Waals surface area contributed by atoms with Crippen LogP contribution in [0.1, 0.15) is 39.7 Å². The zero-order chi connectivity index (χ0) is 15.2. The maximum atomic E-state index is 13.4. The molecule has 1 aromatic carbocycles. The van der Waals surface area contributed by atoms with E-state index in [0.29, 0.717) is 6.04 Å². The maximum absolute atomic E-state index is 13.4. The van der Waals surface area contributed by atoms with Crippen molar-refractivity contribution >= 4 is 27.7 Å². The van der Waals surface area contributed by atoms with Gasteiger partial charge >= 0.3 is 0 Å². The van der Waals surface area contributed by atoms with E-state index in [0.717, 1.165) is 35.2 Å². The molecule has 114 valence electrons. The number of halogens is 2. The predicted molar refractivity (Wildman–Crippen MR) is 92.1 cm³/mol. The fourth-order valence-electron chi connectivity index (χ4n) is 1.85. The van der Waals surface area contributed by atoms with E-state index in [1.165, 1.54) is 6.07 Å². The normalized spacial score (nSPS) is 13.5. The molecule has 4 heteroatoms. The van der Waals surface area contributed by atoms with Crippen molar-refractivity contribution in [3.63, 3.8) is 0 Å². The van der Waals surface area contributed by atoms with Gasteiger partial charge in [0.25, 0.3) is 0 Å². The van der Waals surface area contributed by atoms with Crippen molar-refractivity contribution in [2.75, 3.05) is 12.3 Å². The van der Waals surface area contributed by atoms with Crippen molar-refractivity contribution in [1.29, 1.82) is 0 Å². The van der Waals surface area contributed by atoms with Crippen LogP contribution in [0.3, 0.4) is 0 Å². The standard InChI is InChI=1S/C16H25BrFNS/c1-5-8-19-14(11-20-16(2,3)4)10-12-9-13(18)6-7-15(12)17/h6-7,9,14,19H,5,8,10-11H2,1-4H3. The zero-order valence-electron chi connectivity index (χ0n) is 12.8. The van der Waals surface area contributed by atoms with Crippen LogP contribution < -0.4 is 5.32 Å². The van der Waals surface area contributed by atoms with Crippen LogP contribution in [0.4, 0.5) is 4.39 Å². The highest BCUT2D eigenvalue weighted by Gasteiger charge is 2.17. The molecule has 1 rings (SSSR count). The summed E-state index contributed by atoms with van der Waals surface area (Å²) in [5.41, 5.74) is 1.04. The molecule has 1 unspecified atom stereocenters. The van der Waals surface area contributed by atoms with Gasteiger partial charge < -0.3 is 5.32 Å². The Morgan fingerprint density at radius 3 is 2.65 bits per heavy atom. The quantitative estimate of drug-likeness (QED) is 0.730. The lowest BCUT2D eigenvalue weighted by molar-refractivity contribution is 0.545. The van der Waals surface area contributed by atoms with E-state index in [9.17, 15) is 4.39 Å². The molecule has 0 saturated carbocycles. The zero-order valence-corrected chi connectivity index (χ0v) is 15.2. The molecule has 0 bridgehead atoms.